The van der Waals surface area contributed by atoms with Crippen LogP contribution in [0.4, 0.5) is 0 Å². The van der Waals surface area contributed by atoms with Crippen LogP contribution in [0.3, 0.4) is 0 Å². The van der Waals surface area contributed by atoms with Crippen molar-refractivity contribution in [3.8, 4) is 11.5 Å². The summed E-state index contributed by atoms with van der Waals surface area (Å²) in [5, 5.41) is 9.27. The lowest BCUT2D eigenvalue weighted by atomic mass is 10.1. The van der Waals surface area contributed by atoms with Gasteiger partial charge in [-0.2, -0.15) is 0 Å². The van der Waals surface area contributed by atoms with Crippen molar-refractivity contribution < 1.29 is 14.3 Å². The third kappa shape index (κ3) is 4.72. The van der Waals surface area contributed by atoms with Crippen LogP contribution >= 0.6 is 11.8 Å². The number of ether oxygens (including phenoxy) is 2. The maximum Gasteiger partial charge on any atom is 0.191 e. The largest absolute Gasteiger partial charge is 0.497 e. The molecule has 3 aromatic rings. The maximum atomic E-state index is 12.5. The van der Waals surface area contributed by atoms with Crippen molar-refractivity contribution in [2.45, 2.75) is 31.7 Å². The van der Waals surface area contributed by atoms with Crippen LogP contribution in [-0.4, -0.2) is 33.4 Å². The van der Waals surface area contributed by atoms with Crippen molar-refractivity contribution in [1.82, 2.24) is 14.8 Å². The molecule has 0 spiro atoms. The Kier molecular flexibility index (Phi) is 6.71. The van der Waals surface area contributed by atoms with Crippen LogP contribution in [0.5, 0.6) is 11.5 Å². The SMILES string of the molecule is CCn1c(SCC(=O)c2ccc(OC)cc2)nnc1[C@H](C)Oc1ccccc1. The Bertz CT molecular complexity index is 910. The second-order valence-electron chi connectivity index (χ2n) is 6.10. The molecule has 0 aliphatic rings. The highest BCUT2D eigenvalue weighted by molar-refractivity contribution is 7.99. The number of hydrogen-bond acceptors (Lipinski definition) is 6. The van der Waals surface area contributed by atoms with E-state index < -0.39 is 0 Å². The molecular formula is C21H23N3O3S. The summed E-state index contributed by atoms with van der Waals surface area (Å²) in [6, 6.07) is 16.7. The molecule has 1 heterocycles. The van der Waals surface area contributed by atoms with Gasteiger partial charge in [0.25, 0.3) is 0 Å². The summed E-state index contributed by atoms with van der Waals surface area (Å²) in [6.45, 7) is 4.67. The molecule has 6 nitrogen and oxygen atoms in total. The second kappa shape index (κ2) is 9.41. The number of methoxy groups -OCH3 is 1. The van der Waals surface area contributed by atoms with Crippen molar-refractivity contribution in [1.29, 1.82) is 0 Å². The summed E-state index contributed by atoms with van der Waals surface area (Å²) in [4.78, 5) is 12.5. The summed E-state index contributed by atoms with van der Waals surface area (Å²) < 4.78 is 13.1. The van der Waals surface area contributed by atoms with E-state index in [0.717, 1.165) is 17.3 Å². The molecular weight excluding hydrogens is 374 g/mol. The Hall–Kier alpha value is -2.80. The summed E-state index contributed by atoms with van der Waals surface area (Å²) in [6.07, 6.45) is -0.249. The molecule has 0 fully saturated rings. The lowest BCUT2D eigenvalue weighted by molar-refractivity contribution is 0.102. The zero-order valence-electron chi connectivity index (χ0n) is 16.2. The first-order valence-corrected chi connectivity index (χ1v) is 10.1. The van der Waals surface area contributed by atoms with Gasteiger partial charge in [-0.25, -0.2) is 0 Å². The molecule has 1 aromatic heterocycles. The number of benzene rings is 2. The standard InChI is InChI=1S/C21H23N3O3S/c1-4-24-20(15(2)27-18-8-6-5-7-9-18)22-23-21(24)28-14-19(25)16-10-12-17(26-3)13-11-16/h5-13,15H,4,14H2,1-3H3/t15-/m0/s1. The Morgan fingerprint density at radius 2 is 1.79 bits per heavy atom. The van der Waals surface area contributed by atoms with Gasteiger partial charge >= 0.3 is 0 Å². The summed E-state index contributed by atoms with van der Waals surface area (Å²) in [5.74, 6) is 2.58. The molecule has 0 amide bonds. The Balaban J connectivity index is 1.66. The predicted octanol–water partition coefficient (Wildman–Crippen LogP) is 4.42. The van der Waals surface area contributed by atoms with Crippen molar-refractivity contribution in [2.24, 2.45) is 0 Å². The lowest BCUT2D eigenvalue weighted by Gasteiger charge is -2.15. The highest BCUT2D eigenvalue weighted by Gasteiger charge is 2.19. The number of carbonyl (C=O) groups is 1. The Morgan fingerprint density at radius 3 is 2.43 bits per heavy atom. The lowest BCUT2D eigenvalue weighted by Crippen LogP contribution is -2.12. The van der Waals surface area contributed by atoms with E-state index in [-0.39, 0.29) is 11.9 Å². The van der Waals surface area contributed by atoms with Crippen LogP contribution in [0.25, 0.3) is 0 Å². The molecule has 146 valence electrons. The van der Waals surface area contributed by atoms with E-state index in [1.807, 2.05) is 48.7 Å². The summed E-state index contributed by atoms with van der Waals surface area (Å²) >= 11 is 1.38. The molecule has 3 rings (SSSR count). The number of aromatic nitrogens is 3. The van der Waals surface area contributed by atoms with E-state index in [4.69, 9.17) is 9.47 Å². The van der Waals surface area contributed by atoms with Crippen LogP contribution in [0.2, 0.25) is 0 Å². The van der Waals surface area contributed by atoms with E-state index in [9.17, 15) is 4.79 Å². The first kappa shape index (κ1) is 19.9. The van der Waals surface area contributed by atoms with E-state index >= 15 is 0 Å². The van der Waals surface area contributed by atoms with Crippen molar-refractivity contribution in [2.75, 3.05) is 12.9 Å². The van der Waals surface area contributed by atoms with Crippen molar-refractivity contribution in [3.63, 3.8) is 0 Å². The quantitative estimate of drug-likeness (QED) is 0.393. The average molecular weight is 398 g/mol. The molecule has 0 unspecified atom stereocenters. The van der Waals surface area contributed by atoms with E-state index in [1.54, 1.807) is 31.4 Å². The number of thioether (sulfide) groups is 1. The van der Waals surface area contributed by atoms with Gasteiger partial charge in [-0.3, -0.25) is 4.79 Å². The van der Waals surface area contributed by atoms with Crippen LogP contribution < -0.4 is 9.47 Å². The molecule has 2 aromatic carbocycles. The summed E-state index contributed by atoms with van der Waals surface area (Å²) in [5.41, 5.74) is 0.650. The van der Waals surface area contributed by atoms with Crippen molar-refractivity contribution >= 4 is 17.5 Å². The van der Waals surface area contributed by atoms with E-state index in [2.05, 4.69) is 10.2 Å². The minimum atomic E-state index is -0.249. The number of hydrogen-bond donors (Lipinski definition) is 0. The molecule has 0 aliphatic heterocycles. The molecule has 0 saturated heterocycles. The second-order valence-corrected chi connectivity index (χ2v) is 7.04. The van der Waals surface area contributed by atoms with E-state index in [0.29, 0.717) is 23.0 Å². The van der Waals surface area contributed by atoms with Gasteiger partial charge in [0.1, 0.15) is 11.5 Å². The van der Waals surface area contributed by atoms with Gasteiger partial charge in [0.05, 0.1) is 12.9 Å². The first-order chi connectivity index (χ1) is 13.6. The molecule has 28 heavy (non-hydrogen) atoms. The highest BCUT2D eigenvalue weighted by atomic mass is 32.2. The number of Topliss-reactive ketones (excluding diaryl/α,β-unsaturated/α-hetero) is 1. The van der Waals surface area contributed by atoms with Gasteiger partial charge < -0.3 is 14.0 Å². The average Bonchev–Trinajstić information content (AvgIpc) is 3.16. The molecule has 0 saturated carbocycles. The number of rotatable bonds is 9. The molecule has 0 bridgehead atoms. The fourth-order valence-electron chi connectivity index (χ4n) is 2.75. The third-order valence-corrected chi connectivity index (χ3v) is 5.19. The third-order valence-electron chi connectivity index (χ3n) is 4.23. The number of para-hydroxylation sites is 1. The van der Waals surface area contributed by atoms with Gasteiger partial charge in [-0.15, -0.1) is 10.2 Å². The van der Waals surface area contributed by atoms with Gasteiger partial charge in [0.2, 0.25) is 0 Å². The normalized spacial score (nSPS) is 11.8. The van der Waals surface area contributed by atoms with Crippen molar-refractivity contribution in [3.05, 3.63) is 66.0 Å². The van der Waals surface area contributed by atoms with Crippen LogP contribution in [0.15, 0.2) is 59.8 Å². The van der Waals surface area contributed by atoms with Crippen LogP contribution in [0.1, 0.15) is 36.1 Å². The number of nitrogens with zero attached hydrogens (tertiary/aromatic N) is 3. The topological polar surface area (TPSA) is 66.2 Å². The monoisotopic (exact) mass is 397 g/mol. The maximum absolute atomic E-state index is 12.5. The van der Waals surface area contributed by atoms with Gasteiger partial charge in [0, 0.05) is 12.1 Å². The summed E-state index contributed by atoms with van der Waals surface area (Å²) in [7, 11) is 1.60. The predicted molar refractivity (Wildman–Crippen MR) is 109 cm³/mol. The van der Waals surface area contributed by atoms with E-state index in [1.165, 1.54) is 11.8 Å². The minimum Gasteiger partial charge on any atom is -0.497 e. The number of ketones is 1. The minimum absolute atomic E-state index is 0.0356. The van der Waals surface area contributed by atoms with Gasteiger partial charge in [-0.1, -0.05) is 30.0 Å². The smallest absolute Gasteiger partial charge is 0.191 e. The molecule has 0 aliphatic carbocycles. The molecule has 1 atom stereocenters. The van der Waals surface area contributed by atoms with Crippen LogP contribution in [0, 0.1) is 0 Å². The fraction of sp³-hybridized carbons (Fsp3) is 0.286. The first-order valence-electron chi connectivity index (χ1n) is 9.07. The van der Waals surface area contributed by atoms with Gasteiger partial charge in [0.15, 0.2) is 22.9 Å². The van der Waals surface area contributed by atoms with Crippen LogP contribution in [-0.2, 0) is 6.54 Å². The molecule has 7 heteroatoms. The van der Waals surface area contributed by atoms with Gasteiger partial charge in [-0.05, 0) is 50.2 Å². The highest BCUT2D eigenvalue weighted by Crippen LogP contribution is 2.25. The Labute approximate surface area is 168 Å². The Morgan fingerprint density at radius 1 is 1.07 bits per heavy atom. The molecule has 0 N–H and O–H groups in total. The number of carbonyl (C=O) groups excluding carboxylic acids is 1. The fourth-order valence-corrected chi connectivity index (χ4v) is 3.65. The molecule has 0 radical (unpaired) electrons. The zero-order valence-corrected chi connectivity index (χ0v) is 17.0. The zero-order chi connectivity index (χ0) is 19.9.